The van der Waals surface area contributed by atoms with Gasteiger partial charge >= 0.3 is 5.97 Å². The van der Waals surface area contributed by atoms with Crippen molar-refractivity contribution in [2.24, 2.45) is 0 Å². The van der Waals surface area contributed by atoms with E-state index in [4.69, 9.17) is 9.47 Å². The Morgan fingerprint density at radius 3 is 2.44 bits per heavy atom. The molecule has 2 aromatic rings. The maximum atomic E-state index is 12.0. The molecule has 132 valence electrons. The van der Waals surface area contributed by atoms with Crippen molar-refractivity contribution in [3.8, 4) is 5.75 Å². The summed E-state index contributed by atoms with van der Waals surface area (Å²) in [7, 11) is 1.59. The Morgan fingerprint density at radius 1 is 1.08 bits per heavy atom. The fraction of sp³-hybridized carbons (Fsp3) is 0.300. The molecule has 0 spiro atoms. The summed E-state index contributed by atoms with van der Waals surface area (Å²) in [6, 6.07) is 14.6. The number of esters is 1. The largest absolute Gasteiger partial charge is 0.497 e. The molecule has 25 heavy (non-hydrogen) atoms. The third kappa shape index (κ3) is 5.64. The summed E-state index contributed by atoms with van der Waals surface area (Å²) in [6.45, 7) is 4.20. The topological polar surface area (TPSA) is 64.6 Å². The Kier molecular flexibility index (Phi) is 6.57. The van der Waals surface area contributed by atoms with Crippen LogP contribution in [0.1, 0.15) is 41.3 Å². The molecule has 0 fully saturated rings. The molecule has 0 radical (unpaired) electrons. The standard InChI is InChI=1S/C20H23NO4/c1-14(2)16-7-9-17(10-8-16)20(23)25-13-19(22)21-12-15-5-4-6-18(11-15)24-3/h4-11,14H,12-13H2,1-3H3,(H,21,22). The first kappa shape index (κ1) is 18.5. The monoisotopic (exact) mass is 341 g/mol. The van der Waals surface area contributed by atoms with Gasteiger partial charge in [0.1, 0.15) is 5.75 Å². The summed E-state index contributed by atoms with van der Waals surface area (Å²) in [4.78, 5) is 23.8. The number of hydrogen-bond donors (Lipinski definition) is 1. The van der Waals surface area contributed by atoms with Crippen LogP contribution in [0.5, 0.6) is 5.75 Å². The van der Waals surface area contributed by atoms with Crippen LogP contribution < -0.4 is 10.1 Å². The summed E-state index contributed by atoms with van der Waals surface area (Å²) in [5.41, 5.74) is 2.49. The zero-order chi connectivity index (χ0) is 18.2. The Labute approximate surface area is 148 Å². The predicted octanol–water partition coefficient (Wildman–Crippen LogP) is 3.29. The average molecular weight is 341 g/mol. The lowest BCUT2D eigenvalue weighted by Gasteiger charge is -2.09. The van der Waals surface area contributed by atoms with Crippen LogP contribution in [0, 0.1) is 0 Å². The van der Waals surface area contributed by atoms with Crippen LogP contribution in [-0.4, -0.2) is 25.6 Å². The first-order chi connectivity index (χ1) is 12.0. The van der Waals surface area contributed by atoms with Gasteiger partial charge in [-0.15, -0.1) is 0 Å². The van der Waals surface area contributed by atoms with Crippen molar-refractivity contribution in [3.63, 3.8) is 0 Å². The minimum Gasteiger partial charge on any atom is -0.497 e. The first-order valence-electron chi connectivity index (χ1n) is 8.16. The second kappa shape index (κ2) is 8.87. The molecule has 0 atom stereocenters. The van der Waals surface area contributed by atoms with E-state index < -0.39 is 5.97 Å². The van der Waals surface area contributed by atoms with Crippen molar-refractivity contribution in [3.05, 3.63) is 65.2 Å². The number of rotatable bonds is 7. The zero-order valence-corrected chi connectivity index (χ0v) is 14.7. The second-order valence-corrected chi connectivity index (χ2v) is 5.98. The maximum absolute atomic E-state index is 12.0. The van der Waals surface area contributed by atoms with Gasteiger partial charge in [-0.05, 0) is 41.3 Å². The molecule has 2 aromatic carbocycles. The molecular formula is C20H23NO4. The SMILES string of the molecule is COc1cccc(CNC(=O)COC(=O)c2ccc(C(C)C)cc2)c1. The van der Waals surface area contributed by atoms with Crippen LogP contribution in [0.25, 0.3) is 0 Å². The summed E-state index contributed by atoms with van der Waals surface area (Å²) >= 11 is 0. The van der Waals surface area contributed by atoms with E-state index in [1.807, 2.05) is 36.4 Å². The summed E-state index contributed by atoms with van der Waals surface area (Å²) in [6.07, 6.45) is 0. The van der Waals surface area contributed by atoms with Gasteiger partial charge in [-0.25, -0.2) is 4.79 Å². The number of hydrogen-bond acceptors (Lipinski definition) is 4. The van der Waals surface area contributed by atoms with Crippen LogP contribution in [0.2, 0.25) is 0 Å². The highest BCUT2D eigenvalue weighted by molar-refractivity contribution is 5.91. The summed E-state index contributed by atoms with van der Waals surface area (Å²) in [5.74, 6) is 0.261. The van der Waals surface area contributed by atoms with E-state index in [-0.39, 0.29) is 12.5 Å². The number of carbonyl (C=O) groups is 2. The number of ether oxygens (including phenoxy) is 2. The van der Waals surface area contributed by atoms with Gasteiger partial charge in [0.15, 0.2) is 6.61 Å². The molecule has 5 heteroatoms. The van der Waals surface area contributed by atoms with Gasteiger partial charge in [0.05, 0.1) is 12.7 Å². The highest BCUT2D eigenvalue weighted by atomic mass is 16.5. The van der Waals surface area contributed by atoms with E-state index in [0.29, 0.717) is 18.0 Å². The zero-order valence-electron chi connectivity index (χ0n) is 14.7. The number of amides is 1. The molecule has 0 saturated carbocycles. The summed E-state index contributed by atoms with van der Waals surface area (Å²) in [5, 5.41) is 2.71. The van der Waals surface area contributed by atoms with Crippen molar-refractivity contribution >= 4 is 11.9 Å². The molecule has 0 heterocycles. The molecule has 1 amide bonds. The normalized spacial score (nSPS) is 10.4. The molecule has 0 unspecified atom stereocenters. The molecule has 0 aliphatic heterocycles. The van der Waals surface area contributed by atoms with Crippen molar-refractivity contribution in [2.45, 2.75) is 26.3 Å². The molecule has 0 bridgehead atoms. The van der Waals surface area contributed by atoms with Gasteiger partial charge in [0.2, 0.25) is 0 Å². The van der Waals surface area contributed by atoms with Gasteiger partial charge in [-0.1, -0.05) is 38.1 Å². The Balaban J connectivity index is 1.79. The van der Waals surface area contributed by atoms with Gasteiger partial charge in [0, 0.05) is 6.54 Å². The molecule has 0 saturated heterocycles. The quantitative estimate of drug-likeness (QED) is 0.785. The van der Waals surface area contributed by atoms with Crippen molar-refractivity contribution in [1.29, 1.82) is 0 Å². The molecule has 0 aliphatic rings. The van der Waals surface area contributed by atoms with Gasteiger partial charge in [-0.3, -0.25) is 4.79 Å². The maximum Gasteiger partial charge on any atom is 0.338 e. The Bertz CT molecular complexity index is 723. The summed E-state index contributed by atoms with van der Waals surface area (Å²) < 4.78 is 10.2. The lowest BCUT2D eigenvalue weighted by molar-refractivity contribution is -0.124. The van der Waals surface area contributed by atoms with Crippen LogP contribution in [0.15, 0.2) is 48.5 Å². The van der Waals surface area contributed by atoms with E-state index >= 15 is 0 Å². The van der Waals surface area contributed by atoms with Crippen molar-refractivity contribution in [1.82, 2.24) is 5.32 Å². The predicted molar refractivity (Wildman–Crippen MR) is 95.7 cm³/mol. The van der Waals surface area contributed by atoms with Crippen LogP contribution in [0.4, 0.5) is 0 Å². The van der Waals surface area contributed by atoms with E-state index in [1.54, 1.807) is 19.2 Å². The minimum absolute atomic E-state index is 0.311. The molecule has 5 nitrogen and oxygen atoms in total. The van der Waals surface area contributed by atoms with E-state index in [2.05, 4.69) is 19.2 Å². The van der Waals surface area contributed by atoms with E-state index in [1.165, 1.54) is 0 Å². The lowest BCUT2D eigenvalue weighted by atomic mass is 10.0. The molecule has 0 aliphatic carbocycles. The first-order valence-corrected chi connectivity index (χ1v) is 8.16. The van der Waals surface area contributed by atoms with Crippen LogP contribution in [-0.2, 0) is 16.1 Å². The van der Waals surface area contributed by atoms with E-state index in [0.717, 1.165) is 16.9 Å². The average Bonchev–Trinajstić information content (AvgIpc) is 2.64. The molecule has 1 N–H and O–H groups in total. The molecular weight excluding hydrogens is 318 g/mol. The van der Waals surface area contributed by atoms with Gasteiger partial charge < -0.3 is 14.8 Å². The van der Waals surface area contributed by atoms with Gasteiger partial charge in [-0.2, -0.15) is 0 Å². The number of carbonyl (C=O) groups excluding carboxylic acids is 2. The number of benzene rings is 2. The number of nitrogens with one attached hydrogen (secondary N) is 1. The van der Waals surface area contributed by atoms with Crippen molar-refractivity contribution in [2.75, 3.05) is 13.7 Å². The molecule has 0 aromatic heterocycles. The second-order valence-electron chi connectivity index (χ2n) is 5.98. The Morgan fingerprint density at radius 2 is 1.80 bits per heavy atom. The number of methoxy groups -OCH3 is 1. The van der Waals surface area contributed by atoms with Gasteiger partial charge in [0.25, 0.3) is 5.91 Å². The third-order valence-corrected chi connectivity index (χ3v) is 3.77. The minimum atomic E-state index is -0.508. The fourth-order valence-electron chi connectivity index (χ4n) is 2.25. The highest BCUT2D eigenvalue weighted by Gasteiger charge is 2.10. The smallest absolute Gasteiger partial charge is 0.338 e. The lowest BCUT2D eigenvalue weighted by Crippen LogP contribution is -2.28. The molecule has 2 rings (SSSR count). The van der Waals surface area contributed by atoms with Crippen LogP contribution >= 0.6 is 0 Å². The third-order valence-electron chi connectivity index (χ3n) is 3.77. The van der Waals surface area contributed by atoms with Crippen molar-refractivity contribution < 1.29 is 19.1 Å². The highest BCUT2D eigenvalue weighted by Crippen LogP contribution is 2.15. The van der Waals surface area contributed by atoms with Crippen LogP contribution in [0.3, 0.4) is 0 Å². The fourth-order valence-corrected chi connectivity index (χ4v) is 2.25. The Hall–Kier alpha value is -2.82. The van der Waals surface area contributed by atoms with E-state index in [9.17, 15) is 9.59 Å².